The largest absolute Gasteiger partial charge is 0.489 e. The van der Waals surface area contributed by atoms with Gasteiger partial charge in [0.1, 0.15) is 18.1 Å². The second-order valence-electron chi connectivity index (χ2n) is 7.46. The minimum absolute atomic E-state index is 0.223. The van der Waals surface area contributed by atoms with Gasteiger partial charge in [0.2, 0.25) is 10.0 Å². The van der Waals surface area contributed by atoms with Gasteiger partial charge in [0.25, 0.3) is 0 Å². The molecule has 9 heteroatoms. The number of fused-ring (bicyclic) bond motifs is 1. The van der Waals surface area contributed by atoms with Crippen molar-refractivity contribution in [2.24, 2.45) is 14.1 Å². The van der Waals surface area contributed by atoms with E-state index < -0.39 is 10.0 Å². The van der Waals surface area contributed by atoms with E-state index in [9.17, 15) is 13.2 Å². The molecular weight excluding hydrogens is 430 g/mol. The smallest absolute Gasteiger partial charge is 0.328 e. The van der Waals surface area contributed by atoms with Crippen LogP contribution in [0.15, 0.2) is 71.5 Å². The molecule has 0 fully saturated rings. The maximum absolute atomic E-state index is 12.3. The highest BCUT2D eigenvalue weighted by Crippen LogP contribution is 2.35. The summed E-state index contributed by atoms with van der Waals surface area (Å²) < 4.78 is 41.1. The predicted octanol–water partition coefficient (Wildman–Crippen LogP) is 3.62. The van der Waals surface area contributed by atoms with Crippen molar-refractivity contribution in [2.45, 2.75) is 6.61 Å². The standard InChI is InChI=1S/C23H23N3O5S/c1-25-20-13-19(24-32(3,28)29)22(14-21(20)26(2)23(25)27)31-18-11-7-10-17(12-18)30-15-16-8-5-4-6-9-16/h4-14,24H,15H2,1-3H3. The first-order valence-corrected chi connectivity index (χ1v) is 11.7. The van der Waals surface area contributed by atoms with Gasteiger partial charge in [0, 0.05) is 26.2 Å². The van der Waals surface area contributed by atoms with Gasteiger partial charge < -0.3 is 9.47 Å². The van der Waals surface area contributed by atoms with Gasteiger partial charge in [-0.15, -0.1) is 0 Å². The Hall–Kier alpha value is -3.72. The first kappa shape index (κ1) is 21.5. The Morgan fingerprint density at radius 2 is 1.53 bits per heavy atom. The second-order valence-corrected chi connectivity index (χ2v) is 9.21. The van der Waals surface area contributed by atoms with Crippen molar-refractivity contribution in [3.63, 3.8) is 0 Å². The van der Waals surface area contributed by atoms with E-state index in [1.807, 2.05) is 36.4 Å². The topological polar surface area (TPSA) is 91.6 Å². The number of nitrogens with zero attached hydrogens (tertiary/aromatic N) is 2. The maximum atomic E-state index is 12.3. The zero-order valence-electron chi connectivity index (χ0n) is 17.9. The number of hydrogen-bond acceptors (Lipinski definition) is 5. The number of ether oxygens (including phenoxy) is 2. The molecule has 0 unspecified atom stereocenters. The third-order valence-corrected chi connectivity index (χ3v) is 5.54. The lowest BCUT2D eigenvalue weighted by Gasteiger charge is -2.14. The molecule has 3 aromatic carbocycles. The van der Waals surface area contributed by atoms with Crippen molar-refractivity contribution in [1.82, 2.24) is 9.13 Å². The number of aromatic nitrogens is 2. The Labute approximate surface area is 185 Å². The summed E-state index contributed by atoms with van der Waals surface area (Å²) in [6, 6.07) is 20.1. The molecule has 0 saturated carbocycles. The number of imidazole rings is 1. The molecule has 1 heterocycles. The van der Waals surface area contributed by atoms with Crippen LogP contribution in [0.1, 0.15) is 5.56 Å². The Kier molecular flexibility index (Phi) is 5.67. The molecule has 4 rings (SSSR count). The van der Waals surface area contributed by atoms with Crippen LogP contribution in [-0.4, -0.2) is 23.8 Å². The van der Waals surface area contributed by atoms with Gasteiger partial charge in [-0.1, -0.05) is 36.4 Å². The summed E-state index contributed by atoms with van der Waals surface area (Å²) in [5.74, 6) is 1.34. The number of aryl methyl sites for hydroxylation is 2. The Morgan fingerprint density at radius 1 is 0.875 bits per heavy atom. The van der Waals surface area contributed by atoms with E-state index in [1.165, 1.54) is 9.13 Å². The molecule has 0 bridgehead atoms. The molecule has 32 heavy (non-hydrogen) atoms. The van der Waals surface area contributed by atoms with E-state index in [2.05, 4.69) is 4.72 Å². The quantitative estimate of drug-likeness (QED) is 0.462. The normalized spacial score (nSPS) is 11.5. The summed E-state index contributed by atoms with van der Waals surface area (Å²) in [6.07, 6.45) is 1.06. The van der Waals surface area contributed by atoms with Gasteiger partial charge in [-0.2, -0.15) is 0 Å². The van der Waals surface area contributed by atoms with E-state index in [1.54, 1.807) is 44.4 Å². The molecule has 0 saturated heterocycles. The average Bonchev–Trinajstić information content (AvgIpc) is 2.96. The summed E-state index contributed by atoms with van der Waals surface area (Å²) in [5, 5.41) is 0. The van der Waals surface area contributed by atoms with Gasteiger partial charge in [-0.05, 0) is 23.8 Å². The average molecular weight is 454 g/mol. The Bertz CT molecular complexity index is 1440. The highest BCUT2D eigenvalue weighted by atomic mass is 32.2. The minimum atomic E-state index is -3.57. The molecule has 0 atom stereocenters. The van der Waals surface area contributed by atoms with Crippen LogP contribution in [0.25, 0.3) is 11.0 Å². The first-order valence-electron chi connectivity index (χ1n) is 9.83. The van der Waals surface area contributed by atoms with Gasteiger partial charge >= 0.3 is 5.69 Å². The third kappa shape index (κ3) is 4.62. The van der Waals surface area contributed by atoms with Crippen molar-refractivity contribution in [2.75, 3.05) is 11.0 Å². The second kappa shape index (κ2) is 8.43. The van der Waals surface area contributed by atoms with Crippen LogP contribution in [0.4, 0.5) is 5.69 Å². The van der Waals surface area contributed by atoms with Crippen LogP contribution in [0.5, 0.6) is 17.2 Å². The highest BCUT2D eigenvalue weighted by molar-refractivity contribution is 7.92. The minimum Gasteiger partial charge on any atom is -0.489 e. The van der Waals surface area contributed by atoms with Gasteiger partial charge in [-0.3, -0.25) is 13.9 Å². The number of sulfonamides is 1. The van der Waals surface area contributed by atoms with Crippen molar-refractivity contribution in [3.8, 4) is 17.2 Å². The van der Waals surface area contributed by atoms with E-state index >= 15 is 0 Å². The molecule has 1 aromatic heterocycles. The zero-order valence-corrected chi connectivity index (χ0v) is 18.7. The van der Waals surface area contributed by atoms with Crippen molar-refractivity contribution >= 4 is 26.7 Å². The van der Waals surface area contributed by atoms with Crippen LogP contribution in [0.2, 0.25) is 0 Å². The molecule has 0 aliphatic carbocycles. The van der Waals surface area contributed by atoms with Gasteiger partial charge in [0.05, 0.1) is 23.0 Å². The summed E-state index contributed by atoms with van der Waals surface area (Å²) in [5.41, 5.74) is 2.24. The van der Waals surface area contributed by atoms with Crippen molar-refractivity contribution < 1.29 is 17.9 Å². The molecular formula is C23H23N3O5S. The van der Waals surface area contributed by atoms with Crippen molar-refractivity contribution in [1.29, 1.82) is 0 Å². The number of anilines is 1. The molecule has 0 amide bonds. The fraction of sp³-hybridized carbons (Fsp3) is 0.174. The SMILES string of the molecule is Cn1c(=O)n(C)c2cc(Oc3cccc(OCc4ccccc4)c3)c(NS(C)(=O)=O)cc21. The molecule has 8 nitrogen and oxygen atoms in total. The number of hydrogen-bond donors (Lipinski definition) is 1. The fourth-order valence-corrected chi connectivity index (χ4v) is 3.94. The lowest BCUT2D eigenvalue weighted by Crippen LogP contribution is -2.19. The molecule has 4 aromatic rings. The highest BCUT2D eigenvalue weighted by Gasteiger charge is 2.16. The maximum Gasteiger partial charge on any atom is 0.328 e. The van der Waals surface area contributed by atoms with Crippen LogP contribution in [-0.2, 0) is 30.7 Å². The Balaban J connectivity index is 1.67. The molecule has 0 spiro atoms. The third-order valence-electron chi connectivity index (χ3n) is 4.95. The summed E-state index contributed by atoms with van der Waals surface area (Å²) in [6.45, 7) is 0.406. The Morgan fingerprint density at radius 3 is 2.22 bits per heavy atom. The number of nitrogens with one attached hydrogen (secondary N) is 1. The van der Waals surface area contributed by atoms with Gasteiger partial charge in [-0.25, -0.2) is 13.2 Å². The molecule has 0 aliphatic heterocycles. The predicted molar refractivity (Wildman–Crippen MR) is 124 cm³/mol. The van der Waals surface area contributed by atoms with E-state index in [0.717, 1.165) is 11.8 Å². The molecule has 0 aliphatic rings. The molecule has 0 radical (unpaired) electrons. The summed E-state index contributed by atoms with van der Waals surface area (Å²) in [4.78, 5) is 12.3. The summed E-state index contributed by atoms with van der Waals surface area (Å²) in [7, 11) is -0.296. The van der Waals surface area contributed by atoms with Crippen LogP contribution in [0.3, 0.4) is 0 Å². The summed E-state index contributed by atoms with van der Waals surface area (Å²) >= 11 is 0. The van der Waals surface area contributed by atoms with E-state index in [0.29, 0.717) is 29.1 Å². The fourth-order valence-electron chi connectivity index (χ4n) is 3.39. The lowest BCUT2D eigenvalue weighted by atomic mass is 10.2. The van der Waals surface area contributed by atoms with E-state index in [4.69, 9.17) is 9.47 Å². The number of benzene rings is 3. The zero-order chi connectivity index (χ0) is 22.9. The monoisotopic (exact) mass is 453 g/mol. The van der Waals surface area contributed by atoms with E-state index in [-0.39, 0.29) is 17.1 Å². The molecule has 166 valence electrons. The van der Waals surface area contributed by atoms with Crippen LogP contribution >= 0.6 is 0 Å². The first-order chi connectivity index (χ1) is 15.2. The van der Waals surface area contributed by atoms with Crippen molar-refractivity contribution in [3.05, 3.63) is 82.8 Å². The molecule has 1 N–H and O–H groups in total. The van der Waals surface area contributed by atoms with Crippen LogP contribution in [0, 0.1) is 0 Å². The van der Waals surface area contributed by atoms with Gasteiger partial charge in [0.15, 0.2) is 5.75 Å². The number of rotatable bonds is 7. The van der Waals surface area contributed by atoms with Crippen LogP contribution < -0.4 is 19.9 Å². The lowest BCUT2D eigenvalue weighted by molar-refractivity contribution is 0.304.